The normalized spacial score (nSPS) is 12.5. The van der Waals surface area contributed by atoms with Crippen molar-refractivity contribution in [1.29, 1.82) is 0 Å². The van der Waals surface area contributed by atoms with E-state index >= 15 is 0 Å². The minimum Gasteiger partial charge on any atom is -0.508 e. The standard InChI is InChI=1S/C12H17NO2/c1-8-4-5-10(7-12(8)15)6-11(13-3)9(2)14/h4-5,7,11,13,15H,6H2,1-3H3. The number of hydrogen-bond donors (Lipinski definition) is 2. The van der Waals surface area contributed by atoms with E-state index in [0.717, 1.165) is 11.1 Å². The van der Waals surface area contributed by atoms with Gasteiger partial charge >= 0.3 is 0 Å². The van der Waals surface area contributed by atoms with E-state index in [0.29, 0.717) is 6.42 Å². The Bertz CT molecular complexity index is 361. The zero-order valence-corrected chi connectivity index (χ0v) is 9.37. The molecule has 1 atom stereocenters. The second kappa shape index (κ2) is 4.94. The summed E-state index contributed by atoms with van der Waals surface area (Å²) in [7, 11) is 1.76. The number of rotatable bonds is 4. The lowest BCUT2D eigenvalue weighted by atomic mass is 10.0. The summed E-state index contributed by atoms with van der Waals surface area (Å²) in [6, 6.07) is 5.33. The molecule has 3 heteroatoms. The van der Waals surface area contributed by atoms with Crippen molar-refractivity contribution in [1.82, 2.24) is 5.32 Å². The molecule has 3 nitrogen and oxygen atoms in total. The third kappa shape index (κ3) is 3.06. The number of phenolic OH excluding ortho intramolecular Hbond substituents is 1. The van der Waals surface area contributed by atoms with Crippen LogP contribution in [0.15, 0.2) is 18.2 Å². The first kappa shape index (κ1) is 11.7. The highest BCUT2D eigenvalue weighted by atomic mass is 16.3. The number of phenols is 1. The Hall–Kier alpha value is -1.35. The van der Waals surface area contributed by atoms with Gasteiger partial charge in [-0.05, 0) is 44.5 Å². The molecule has 0 aromatic heterocycles. The van der Waals surface area contributed by atoms with E-state index < -0.39 is 0 Å². The molecule has 0 aliphatic heterocycles. The molecule has 0 radical (unpaired) electrons. The minimum atomic E-state index is -0.174. The largest absolute Gasteiger partial charge is 0.508 e. The molecule has 0 fully saturated rings. The summed E-state index contributed by atoms with van der Waals surface area (Å²) in [5.74, 6) is 0.392. The Morgan fingerprint density at radius 2 is 2.20 bits per heavy atom. The van der Waals surface area contributed by atoms with Crippen molar-refractivity contribution in [2.75, 3.05) is 7.05 Å². The lowest BCUT2D eigenvalue weighted by Gasteiger charge is -2.13. The monoisotopic (exact) mass is 207 g/mol. The molecule has 0 saturated carbocycles. The number of aryl methyl sites for hydroxylation is 1. The van der Waals surface area contributed by atoms with Gasteiger partial charge in [0.05, 0.1) is 6.04 Å². The van der Waals surface area contributed by atoms with E-state index in [1.165, 1.54) is 0 Å². The van der Waals surface area contributed by atoms with Crippen molar-refractivity contribution < 1.29 is 9.90 Å². The van der Waals surface area contributed by atoms with Crippen molar-refractivity contribution in [2.45, 2.75) is 26.3 Å². The molecule has 0 aliphatic carbocycles. The Labute approximate surface area is 90.1 Å². The Morgan fingerprint density at radius 3 is 2.67 bits per heavy atom. The molecule has 1 aromatic carbocycles. The van der Waals surface area contributed by atoms with Crippen LogP contribution >= 0.6 is 0 Å². The highest BCUT2D eigenvalue weighted by Crippen LogP contribution is 2.18. The first-order valence-electron chi connectivity index (χ1n) is 5.00. The smallest absolute Gasteiger partial charge is 0.147 e. The van der Waals surface area contributed by atoms with E-state index in [4.69, 9.17) is 0 Å². The molecule has 2 N–H and O–H groups in total. The number of likely N-dealkylation sites (N-methyl/N-ethyl adjacent to an activating group) is 1. The molecular formula is C12H17NO2. The van der Waals surface area contributed by atoms with Gasteiger partial charge in [-0.25, -0.2) is 0 Å². The predicted octanol–water partition coefficient (Wildman–Crippen LogP) is 1.42. The number of carbonyl (C=O) groups excluding carboxylic acids is 1. The molecule has 0 aliphatic rings. The van der Waals surface area contributed by atoms with Gasteiger partial charge in [-0.2, -0.15) is 0 Å². The maximum Gasteiger partial charge on any atom is 0.147 e. The summed E-state index contributed by atoms with van der Waals surface area (Å²) in [6.45, 7) is 3.41. The van der Waals surface area contributed by atoms with Crippen LogP contribution in [-0.2, 0) is 11.2 Å². The lowest BCUT2D eigenvalue weighted by molar-refractivity contribution is -0.118. The predicted molar refractivity (Wildman–Crippen MR) is 60.1 cm³/mol. The molecule has 0 amide bonds. The Morgan fingerprint density at radius 1 is 1.53 bits per heavy atom. The molecule has 0 spiro atoms. The zero-order valence-electron chi connectivity index (χ0n) is 9.37. The van der Waals surface area contributed by atoms with Crippen molar-refractivity contribution in [2.24, 2.45) is 0 Å². The topological polar surface area (TPSA) is 49.3 Å². The van der Waals surface area contributed by atoms with Crippen LogP contribution in [0.3, 0.4) is 0 Å². The second-order valence-electron chi connectivity index (χ2n) is 3.78. The van der Waals surface area contributed by atoms with E-state index in [-0.39, 0.29) is 17.6 Å². The van der Waals surface area contributed by atoms with E-state index in [1.54, 1.807) is 20.0 Å². The number of hydrogen-bond acceptors (Lipinski definition) is 3. The second-order valence-corrected chi connectivity index (χ2v) is 3.78. The first-order valence-corrected chi connectivity index (χ1v) is 5.00. The van der Waals surface area contributed by atoms with Crippen LogP contribution in [0, 0.1) is 6.92 Å². The van der Waals surface area contributed by atoms with Crippen molar-refractivity contribution in [3.63, 3.8) is 0 Å². The summed E-state index contributed by atoms with van der Waals surface area (Å²) >= 11 is 0. The number of ketones is 1. The van der Waals surface area contributed by atoms with Gasteiger partial charge in [0, 0.05) is 0 Å². The van der Waals surface area contributed by atoms with Crippen LogP contribution in [0.2, 0.25) is 0 Å². The lowest BCUT2D eigenvalue weighted by Crippen LogP contribution is -2.34. The molecule has 0 heterocycles. The SMILES string of the molecule is CNC(Cc1ccc(C)c(O)c1)C(C)=O. The summed E-state index contributed by atoms with van der Waals surface area (Å²) in [5, 5.41) is 12.5. The number of carbonyl (C=O) groups is 1. The van der Waals surface area contributed by atoms with E-state index in [1.807, 2.05) is 19.1 Å². The minimum absolute atomic E-state index is 0.109. The number of benzene rings is 1. The van der Waals surface area contributed by atoms with Gasteiger partial charge in [0.2, 0.25) is 0 Å². The number of aromatic hydroxyl groups is 1. The maximum absolute atomic E-state index is 11.2. The van der Waals surface area contributed by atoms with Gasteiger partial charge in [0.1, 0.15) is 11.5 Å². The first-order chi connectivity index (χ1) is 7.04. The Balaban J connectivity index is 2.80. The number of Topliss-reactive ketones (excluding diaryl/α,β-unsaturated/α-hetero) is 1. The number of nitrogens with one attached hydrogen (secondary N) is 1. The molecule has 0 bridgehead atoms. The summed E-state index contributed by atoms with van der Waals surface area (Å²) in [5.41, 5.74) is 1.82. The molecule has 15 heavy (non-hydrogen) atoms. The Kier molecular flexibility index (Phi) is 3.86. The van der Waals surface area contributed by atoms with Crippen LogP contribution in [-0.4, -0.2) is 24.0 Å². The van der Waals surface area contributed by atoms with Crippen LogP contribution in [0.1, 0.15) is 18.1 Å². The zero-order chi connectivity index (χ0) is 11.4. The third-order valence-electron chi connectivity index (χ3n) is 2.55. The van der Waals surface area contributed by atoms with Gasteiger partial charge in [-0.3, -0.25) is 4.79 Å². The van der Waals surface area contributed by atoms with Crippen LogP contribution < -0.4 is 5.32 Å². The molecule has 1 rings (SSSR count). The van der Waals surface area contributed by atoms with Gasteiger partial charge in [-0.1, -0.05) is 12.1 Å². The van der Waals surface area contributed by atoms with Crippen molar-refractivity contribution in [3.05, 3.63) is 29.3 Å². The molecule has 1 unspecified atom stereocenters. The highest BCUT2D eigenvalue weighted by Gasteiger charge is 2.12. The van der Waals surface area contributed by atoms with Crippen LogP contribution in [0.5, 0.6) is 5.75 Å². The average Bonchev–Trinajstić information content (AvgIpc) is 2.19. The fourth-order valence-corrected chi connectivity index (χ4v) is 1.47. The third-order valence-corrected chi connectivity index (χ3v) is 2.55. The molecule has 82 valence electrons. The summed E-state index contributed by atoms with van der Waals surface area (Å²) in [4.78, 5) is 11.2. The van der Waals surface area contributed by atoms with Gasteiger partial charge in [-0.15, -0.1) is 0 Å². The molecule has 1 aromatic rings. The van der Waals surface area contributed by atoms with Gasteiger partial charge < -0.3 is 10.4 Å². The van der Waals surface area contributed by atoms with Crippen LogP contribution in [0.4, 0.5) is 0 Å². The highest BCUT2D eigenvalue weighted by molar-refractivity contribution is 5.81. The average molecular weight is 207 g/mol. The van der Waals surface area contributed by atoms with E-state index in [9.17, 15) is 9.90 Å². The summed E-state index contributed by atoms with van der Waals surface area (Å²) in [6.07, 6.45) is 0.611. The van der Waals surface area contributed by atoms with Gasteiger partial charge in [0.15, 0.2) is 0 Å². The van der Waals surface area contributed by atoms with E-state index in [2.05, 4.69) is 5.32 Å². The van der Waals surface area contributed by atoms with Crippen molar-refractivity contribution in [3.8, 4) is 5.75 Å². The quantitative estimate of drug-likeness (QED) is 0.785. The molecular weight excluding hydrogens is 190 g/mol. The maximum atomic E-state index is 11.2. The van der Waals surface area contributed by atoms with Crippen molar-refractivity contribution >= 4 is 5.78 Å². The van der Waals surface area contributed by atoms with Crippen LogP contribution in [0.25, 0.3) is 0 Å². The molecule has 0 saturated heterocycles. The fourth-order valence-electron chi connectivity index (χ4n) is 1.47. The summed E-state index contributed by atoms with van der Waals surface area (Å²) < 4.78 is 0. The fraction of sp³-hybridized carbons (Fsp3) is 0.417. The van der Waals surface area contributed by atoms with Gasteiger partial charge in [0.25, 0.3) is 0 Å².